The first-order valence-electron chi connectivity index (χ1n) is 10.8. The fourth-order valence-corrected chi connectivity index (χ4v) is 5.57. The third-order valence-electron chi connectivity index (χ3n) is 5.40. The number of sulfonamides is 1. The van der Waals surface area contributed by atoms with Crippen LogP contribution in [0.3, 0.4) is 0 Å². The number of hydrogen-bond acceptors (Lipinski definition) is 8. The first-order valence-corrected chi connectivity index (χ1v) is 12.3. The Morgan fingerprint density at radius 2 is 1.97 bits per heavy atom. The highest BCUT2D eigenvalue weighted by atomic mass is 32.2. The Labute approximate surface area is 197 Å². The van der Waals surface area contributed by atoms with Crippen LogP contribution in [0.25, 0.3) is 0 Å². The third-order valence-corrected chi connectivity index (χ3v) is 7.18. The molecule has 1 aromatic heterocycles. The molecule has 1 amide bonds. The van der Waals surface area contributed by atoms with Crippen LogP contribution in [-0.4, -0.2) is 66.6 Å². The van der Waals surface area contributed by atoms with E-state index >= 15 is 0 Å². The number of H-pyrrole nitrogens is 1. The number of nitrogens with zero attached hydrogens (tertiary/aromatic N) is 1. The monoisotopic (exact) mass is 494 g/mol. The van der Waals surface area contributed by atoms with Crippen molar-refractivity contribution >= 4 is 27.8 Å². The molecule has 3 rings (SSSR count). The Kier molecular flexibility index (Phi) is 8.25. The lowest BCUT2D eigenvalue weighted by Gasteiger charge is -2.19. The minimum atomic E-state index is -4.13. The van der Waals surface area contributed by atoms with E-state index in [4.69, 9.17) is 4.84 Å². The summed E-state index contributed by atoms with van der Waals surface area (Å²) in [7, 11) is -4.13. The number of aromatic nitrogens is 2. The highest BCUT2D eigenvalue weighted by Crippen LogP contribution is 2.22. The minimum absolute atomic E-state index is 0.0324. The van der Waals surface area contributed by atoms with Crippen LogP contribution in [0.4, 0.5) is 5.95 Å². The summed E-state index contributed by atoms with van der Waals surface area (Å²) >= 11 is 0. The predicted molar refractivity (Wildman–Crippen MR) is 124 cm³/mol. The van der Waals surface area contributed by atoms with Crippen LogP contribution in [0.5, 0.6) is 0 Å². The number of rotatable bonds is 11. The molecule has 1 aliphatic rings. The van der Waals surface area contributed by atoms with Gasteiger partial charge in [-0.05, 0) is 38.3 Å². The number of carbonyl (C=O) groups is 2. The van der Waals surface area contributed by atoms with Gasteiger partial charge < -0.3 is 20.7 Å². The zero-order valence-corrected chi connectivity index (χ0v) is 20.0. The summed E-state index contributed by atoms with van der Waals surface area (Å²) in [6.07, 6.45) is 3.57. The molecule has 12 nitrogen and oxygen atoms in total. The fourth-order valence-electron chi connectivity index (χ4n) is 3.93. The summed E-state index contributed by atoms with van der Waals surface area (Å²) in [5.41, 5.74) is 4.72. The Balaban J connectivity index is 1.52. The summed E-state index contributed by atoms with van der Waals surface area (Å²) in [5, 5.41) is 15.1. The Bertz CT molecular complexity index is 1100. The van der Waals surface area contributed by atoms with Gasteiger partial charge in [-0.3, -0.25) is 14.4 Å². The topological polar surface area (TPSA) is 175 Å². The molecule has 0 saturated carbocycles. The smallest absolute Gasteiger partial charge is 0.323 e. The third kappa shape index (κ3) is 6.53. The van der Waals surface area contributed by atoms with E-state index in [-0.39, 0.29) is 10.9 Å². The van der Waals surface area contributed by atoms with Crippen molar-refractivity contribution in [3.8, 4) is 0 Å². The number of benzene rings is 1. The van der Waals surface area contributed by atoms with Crippen LogP contribution in [-0.2, 0) is 24.4 Å². The van der Waals surface area contributed by atoms with Gasteiger partial charge in [-0.2, -0.15) is 10.2 Å². The summed E-state index contributed by atoms with van der Waals surface area (Å²) in [6, 6.07) is 1.80. The number of anilines is 1. The van der Waals surface area contributed by atoms with E-state index in [1.165, 1.54) is 0 Å². The summed E-state index contributed by atoms with van der Waals surface area (Å²) < 4.78 is 28.0. The van der Waals surface area contributed by atoms with E-state index < -0.39 is 40.6 Å². The average Bonchev–Trinajstić information content (AvgIpc) is 3.42. The van der Waals surface area contributed by atoms with Crippen molar-refractivity contribution in [3.63, 3.8) is 0 Å². The standard InChI is InChI=1S/C21H30N6O6S/c1-12-8-13(2)18(14(3)9-12)34(31,32)27-16(20(29)30)11-25-19(28)17-10-15(26-33-17)4-5-22-21-23-6-7-24-21/h6-9,15-17,26-27H,4-5,10-11H2,1-3H3,(H,25,28)(H,29,30)(H2,22,23,24). The van der Waals surface area contributed by atoms with Crippen LogP contribution in [0.2, 0.25) is 0 Å². The Morgan fingerprint density at radius 1 is 1.26 bits per heavy atom. The lowest BCUT2D eigenvalue weighted by Crippen LogP contribution is -2.50. The maximum absolute atomic E-state index is 12.9. The number of aryl methyl sites for hydroxylation is 3. The molecule has 34 heavy (non-hydrogen) atoms. The predicted octanol–water partition coefficient (Wildman–Crippen LogP) is 0.347. The maximum Gasteiger partial charge on any atom is 0.323 e. The Morgan fingerprint density at radius 3 is 2.59 bits per heavy atom. The summed E-state index contributed by atoms with van der Waals surface area (Å²) in [6.45, 7) is 5.32. The molecule has 1 fully saturated rings. The first-order chi connectivity index (χ1) is 16.1. The molecule has 0 spiro atoms. The second kappa shape index (κ2) is 11.0. The minimum Gasteiger partial charge on any atom is -0.480 e. The van der Waals surface area contributed by atoms with Gasteiger partial charge in [0.15, 0.2) is 12.1 Å². The quantitative estimate of drug-likeness (QED) is 0.257. The molecule has 186 valence electrons. The molecule has 1 aromatic carbocycles. The number of carboxylic acid groups (broad SMARTS) is 1. The molecule has 3 atom stereocenters. The lowest BCUT2D eigenvalue weighted by atomic mass is 10.1. The van der Waals surface area contributed by atoms with Gasteiger partial charge in [-0.25, -0.2) is 13.4 Å². The first kappa shape index (κ1) is 25.6. The molecule has 2 heterocycles. The molecule has 3 unspecified atom stereocenters. The van der Waals surface area contributed by atoms with Crippen molar-refractivity contribution in [1.82, 2.24) is 25.5 Å². The average molecular weight is 495 g/mol. The molecule has 0 radical (unpaired) electrons. The van der Waals surface area contributed by atoms with E-state index in [0.29, 0.717) is 36.5 Å². The molecule has 1 saturated heterocycles. The summed E-state index contributed by atoms with van der Waals surface area (Å²) in [4.78, 5) is 36.5. The molecule has 6 N–H and O–H groups in total. The molecule has 0 aliphatic carbocycles. The number of carboxylic acids is 1. The highest BCUT2D eigenvalue weighted by molar-refractivity contribution is 7.89. The van der Waals surface area contributed by atoms with Crippen molar-refractivity contribution < 1.29 is 28.0 Å². The number of nitrogens with one attached hydrogen (secondary N) is 5. The number of carbonyl (C=O) groups excluding carboxylic acids is 1. The zero-order chi connectivity index (χ0) is 24.9. The van der Waals surface area contributed by atoms with Crippen molar-refractivity contribution in [2.75, 3.05) is 18.4 Å². The van der Waals surface area contributed by atoms with E-state index in [2.05, 4.69) is 30.8 Å². The van der Waals surface area contributed by atoms with Gasteiger partial charge in [-0.1, -0.05) is 17.7 Å². The van der Waals surface area contributed by atoms with Gasteiger partial charge >= 0.3 is 5.97 Å². The number of amides is 1. The number of aliphatic carboxylic acids is 1. The van der Waals surface area contributed by atoms with Gasteiger partial charge in [0.25, 0.3) is 5.91 Å². The van der Waals surface area contributed by atoms with Crippen LogP contribution < -0.4 is 20.8 Å². The molecular weight excluding hydrogens is 464 g/mol. The summed E-state index contributed by atoms with van der Waals surface area (Å²) in [5.74, 6) is -1.29. The van der Waals surface area contributed by atoms with Gasteiger partial charge in [0.2, 0.25) is 10.0 Å². The second-order valence-corrected chi connectivity index (χ2v) is 9.95. The van der Waals surface area contributed by atoms with Gasteiger partial charge in [-0.15, -0.1) is 0 Å². The maximum atomic E-state index is 12.9. The largest absolute Gasteiger partial charge is 0.480 e. The zero-order valence-electron chi connectivity index (χ0n) is 19.2. The fraction of sp³-hybridized carbons (Fsp3) is 0.476. The van der Waals surface area contributed by atoms with E-state index in [1.54, 1.807) is 38.4 Å². The van der Waals surface area contributed by atoms with Crippen LogP contribution in [0.1, 0.15) is 29.5 Å². The highest BCUT2D eigenvalue weighted by Gasteiger charge is 2.33. The SMILES string of the molecule is Cc1cc(C)c(S(=O)(=O)NC(CNC(=O)C2CC(CCNc3ncc[nH]3)NO2)C(=O)O)c(C)c1. The van der Waals surface area contributed by atoms with Gasteiger partial charge in [0.1, 0.15) is 6.04 Å². The number of aromatic amines is 1. The molecule has 0 bridgehead atoms. The van der Waals surface area contributed by atoms with E-state index in [0.717, 1.165) is 5.56 Å². The van der Waals surface area contributed by atoms with Crippen LogP contribution in [0.15, 0.2) is 29.4 Å². The van der Waals surface area contributed by atoms with E-state index in [1.807, 2.05) is 6.92 Å². The Hall–Kier alpha value is -3.00. The molecule has 1 aliphatic heterocycles. The van der Waals surface area contributed by atoms with Crippen molar-refractivity contribution in [2.24, 2.45) is 0 Å². The molecular formula is C21H30N6O6S. The van der Waals surface area contributed by atoms with E-state index in [9.17, 15) is 23.1 Å². The van der Waals surface area contributed by atoms with Crippen LogP contribution in [0, 0.1) is 20.8 Å². The van der Waals surface area contributed by atoms with Gasteiger partial charge in [0.05, 0.1) is 4.90 Å². The second-order valence-electron chi connectivity index (χ2n) is 8.30. The van der Waals surface area contributed by atoms with Crippen LogP contribution >= 0.6 is 0 Å². The van der Waals surface area contributed by atoms with Gasteiger partial charge in [0, 0.05) is 37.9 Å². The number of hydrogen-bond donors (Lipinski definition) is 6. The number of hydroxylamine groups is 1. The normalized spacial score (nSPS) is 19.0. The molecule has 13 heteroatoms. The van der Waals surface area contributed by atoms with Crippen molar-refractivity contribution in [1.29, 1.82) is 0 Å². The number of imidazole rings is 1. The lowest BCUT2D eigenvalue weighted by molar-refractivity contribution is -0.139. The molecule has 2 aromatic rings. The van der Waals surface area contributed by atoms with Crippen molar-refractivity contribution in [2.45, 2.75) is 56.7 Å². The van der Waals surface area contributed by atoms with Crippen molar-refractivity contribution in [3.05, 3.63) is 41.2 Å².